The molecule has 0 fully saturated rings. The summed E-state index contributed by atoms with van der Waals surface area (Å²) in [5, 5.41) is 9.12. The summed E-state index contributed by atoms with van der Waals surface area (Å²) in [4.78, 5) is 14.7. The van der Waals surface area contributed by atoms with Gasteiger partial charge in [0.05, 0.1) is 19.2 Å². The zero-order chi connectivity index (χ0) is 27.9. The minimum absolute atomic E-state index is 0.136. The summed E-state index contributed by atoms with van der Waals surface area (Å²) in [6, 6.07) is 23.1. The van der Waals surface area contributed by atoms with E-state index in [4.69, 9.17) is 15.2 Å². The van der Waals surface area contributed by atoms with E-state index in [9.17, 15) is 4.79 Å². The average Bonchev–Trinajstić information content (AvgIpc) is 3.41. The number of rotatable bonds is 10. The molecule has 8 heteroatoms. The van der Waals surface area contributed by atoms with Crippen molar-refractivity contribution in [2.24, 2.45) is 5.73 Å². The van der Waals surface area contributed by atoms with Crippen LogP contribution in [0.15, 0.2) is 95.5 Å². The molecule has 0 aliphatic rings. The summed E-state index contributed by atoms with van der Waals surface area (Å²) >= 11 is 3.08. The molecule has 0 aliphatic carbocycles. The van der Waals surface area contributed by atoms with Crippen LogP contribution in [0, 0.1) is 6.92 Å². The Labute approximate surface area is 237 Å². The van der Waals surface area contributed by atoms with Crippen molar-refractivity contribution in [2.45, 2.75) is 13.8 Å². The third-order valence-corrected chi connectivity index (χ3v) is 7.98. The van der Waals surface area contributed by atoms with Crippen molar-refractivity contribution in [3.63, 3.8) is 0 Å². The summed E-state index contributed by atoms with van der Waals surface area (Å²) in [6.45, 7) is 8.04. The number of hydrogen-bond donors (Lipinski definition) is 3. The second-order valence-electron chi connectivity index (χ2n) is 8.84. The Kier molecular flexibility index (Phi) is 9.01. The number of methoxy groups -OCH3 is 2. The number of hydrogen-bond acceptors (Lipinski definition) is 7. The molecule has 3 aromatic carbocycles. The van der Waals surface area contributed by atoms with Crippen LogP contribution in [-0.4, -0.2) is 20.1 Å². The Bertz CT molecular complexity index is 1540. The molecule has 1 aromatic heterocycles. The van der Waals surface area contributed by atoms with Crippen LogP contribution in [0.5, 0.6) is 11.5 Å². The highest BCUT2D eigenvalue weighted by molar-refractivity contribution is 8.12. The highest BCUT2D eigenvalue weighted by Gasteiger charge is 2.14. The Morgan fingerprint density at radius 2 is 1.64 bits per heavy atom. The lowest BCUT2D eigenvalue weighted by Gasteiger charge is -2.14. The van der Waals surface area contributed by atoms with Crippen LogP contribution in [0.25, 0.3) is 16.0 Å². The van der Waals surface area contributed by atoms with E-state index < -0.39 is 0 Å². The number of nitrogens with two attached hydrogens (primary N) is 1. The number of carbonyl (C=O) groups excluding carboxylic acids is 1. The highest BCUT2D eigenvalue weighted by atomic mass is 32.2. The zero-order valence-electron chi connectivity index (χ0n) is 22.3. The fourth-order valence-corrected chi connectivity index (χ4v) is 5.85. The van der Waals surface area contributed by atoms with Gasteiger partial charge in [-0.05, 0) is 72.8 Å². The minimum Gasteiger partial charge on any atom is -0.493 e. The molecular formula is C31H31N3O3S2. The lowest BCUT2D eigenvalue weighted by atomic mass is 10.1. The maximum atomic E-state index is 12.7. The first-order valence-electron chi connectivity index (χ1n) is 12.2. The van der Waals surface area contributed by atoms with Crippen LogP contribution in [0.3, 0.4) is 0 Å². The maximum absolute atomic E-state index is 12.7. The van der Waals surface area contributed by atoms with Gasteiger partial charge in [-0.15, -0.1) is 11.3 Å². The van der Waals surface area contributed by atoms with Gasteiger partial charge in [-0.3, -0.25) is 4.79 Å². The third kappa shape index (κ3) is 7.04. The molecule has 4 aromatic rings. The molecule has 200 valence electrons. The molecule has 0 bridgehead atoms. The SMILES string of the molecule is C=C(Nc1ccc(OC)c(OC)c1)S/C(=C(\C)N)c1cc(-c2cccc(NC(=O)c3cccc(C)c3)c2)cs1. The first-order chi connectivity index (χ1) is 18.8. The van der Waals surface area contributed by atoms with E-state index in [2.05, 4.69) is 28.7 Å². The normalized spacial score (nSPS) is 11.4. The van der Waals surface area contributed by atoms with Crippen LogP contribution < -0.4 is 25.8 Å². The molecule has 6 nitrogen and oxygen atoms in total. The second-order valence-corrected chi connectivity index (χ2v) is 10.9. The molecular weight excluding hydrogens is 526 g/mol. The van der Waals surface area contributed by atoms with E-state index >= 15 is 0 Å². The van der Waals surface area contributed by atoms with E-state index in [1.807, 2.05) is 80.6 Å². The smallest absolute Gasteiger partial charge is 0.255 e. The van der Waals surface area contributed by atoms with Crippen LogP contribution in [0.1, 0.15) is 27.7 Å². The van der Waals surface area contributed by atoms with E-state index in [1.54, 1.807) is 25.6 Å². The third-order valence-electron chi connectivity index (χ3n) is 5.81. The summed E-state index contributed by atoms with van der Waals surface area (Å²) < 4.78 is 10.7. The summed E-state index contributed by atoms with van der Waals surface area (Å²) in [5.74, 6) is 1.15. The summed E-state index contributed by atoms with van der Waals surface area (Å²) in [5.41, 5.74) is 12.3. The van der Waals surface area contributed by atoms with Gasteiger partial charge < -0.3 is 25.8 Å². The van der Waals surface area contributed by atoms with Crippen LogP contribution in [-0.2, 0) is 0 Å². The Morgan fingerprint density at radius 3 is 2.36 bits per heavy atom. The minimum atomic E-state index is -0.136. The number of amides is 1. The van der Waals surface area contributed by atoms with Crippen molar-refractivity contribution in [2.75, 3.05) is 24.9 Å². The predicted molar refractivity (Wildman–Crippen MR) is 166 cm³/mol. The van der Waals surface area contributed by atoms with E-state index in [0.717, 1.165) is 42.9 Å². The van der Waals surface area contributed by atoms with E-state index in [1.165, 1.54) is 11.8 Å². The number of ether oxygens (including phenoxy) is 2. The number of allylic oxidation sites excluding steroid dienone is 1. The van der Waals surface area contributed by atoms with Crippen LogP contribution in [0.4, 0.5) is 11.4 Å². The molecule has 0 aliphatic heterocycles. The molecule has 0 radical (unpaired) electrons. The first kappa shape index (κ1) is 27.9. The van der Waals surface area contributed by atoms with Gasteiger partial charge in [-0.2, -0.15) is 0 Å². The maximum Gasteiger partial charge on any atom is 0.255 e. The Morgan fingerprint density at radius 1 is 0.897 bits per heavy atom. The van der Waals surface area contributed by atoms with Gasteiger partial charge in [0.25, 0.3) is 5.91 Å². The molecule has 0 spiro atoms. The van der Waals surface area contributed by atoms with E-state index in [-0.39, 0.29) is 5.91 Å². The topological polar surface area (TPSA) is 85.6 Å². The molecule has 4 rings (SSSR count). The first-order valence-corrected chi connectivity index (χ1v) is 13.9. The quantitative estimate of drug-likeness (QED) is 0.183. The van der Waals surface area contributed by atoms with Crippen molar-refractivity contribution in [3.05, 3.63) is 111 Å². The number of thiophene rings is 1. The lowest BCUT2D eigenvalue weighted by molar-refractivity contribution is 0.102. The van der Waals surface area contributed by atoms with Gasteiger partial charge in [0.2, 0.25) is 0 Å². The van der Waals surface area contributed by atoms with Gasteiger partial charge in [0.1, 0.15) is 0 Å². The molecule has 1 amide bonds. The van der Waals surface area contributed by atoms with Crippen molar-refractivity contribution in [1.82, 2.24) is 0 Å². The lowest BCUT2D eigenvalue weighted by Crippen LogP contribution is -2.11. The largest absolute Gasteiger partial charge is 0.493 e. The molecule has 4 N–H and O–H groups in total. The van der Waals surface area contributed by atoms with Crippen LogP contribution >= 0.6 is 23.1 Å². The van der Waals surface area contributed by atoms with Gasteiger partial charge >= 0.3 is 0 Å². The standard InChI is InChI=1S/C31H31N3O3S2/c1-19-8-6-10-23(14-19)31(35)34-25-11-7-9-22(15-25)24-16-29(38-18-24)30(20(2)32)39-21(3)33-26-12-13-27(36-4)28(17-26)37-5/h6-18,33H,3,32H2,1-2,4-5H3,(H,34,35)/b30-20+. The number of carbonyl (C=O) groups is 1. The van der Waals surface area contributed by atoms with Crippen molar-refractivity contribution >= 4 is 45.3 Å². The van der Waals surface area contributed by atoms with Crippen molar-refractivity contribution in [3.8, 4) is 22.6 Å². The Balaban J connectivity index is 1.48. The van der Waals surface area contributed by atoms with Crippen molar-refractivity contribution < 1.29 is 14.3 Å². The molecule has 0 atom stereocenters. The van der Waals surface area contributed by atoms with Gasteiger partial charge in [-0.1, -0.05) is 48.2 Å². The molecule has 1 heterocycles. The molecule has 39 heavy (non-hydrogen) atoms. The van der Waals surface area contributed by atoms with Gasteiger partial charge in [-0.25, -0.2) is 0 Å². The van der Waals surface area contributed by atoms with Crippen molar-refractivity contribution in [1.29, 1.82) is 0 Å². The second kappa shape index (κ2) is 12.6. The molecule has 0 unspecified atom stereocenters. The molecule has 0 saturated carbocycles. The van der Waals surface area contributed by atoms with E-state index in [0.29, 0.717) is 22.8 Å². The highest BCUT2D eigenvalue weighted by Crippen LogP contribution is 2.40. The number of nitrogens with one attached hydrogen (secondary N) is 2. The zero-order valence-corrected chi connectivity index (χ0v) is 24.0. The summed E-state index contributed by atoms with van der Waals surface area (Å²) in [7, 11) is 3.21. The Hall–Kier alpha value is -4.14. The number of thioether (sulfide) groups is 1. The van der Waals surface area contributed by atoms with Gasteiger partial charge in [0.15, 0.2) is 11.5 Å². The fourth-order valence-electron chi connectivity index (χ4n) is 3.92. The molecule has 0 saturated heterocycles. The summed E-state index contributed by atoms with van der Waals surface area (Å²) in [6.07, 6.45) is 0. The fraction of sp³-hybridized carbons (Fsp3) is 0.129. The monoisotopic (exact) mass is 557 g/mol. The average molecular weight is 558 g/mol. The van der Waals surface area contributed by atoms with Crippen LogP contribution in [0.2, 0.25) is 0 Å². The number of aryl methyl sites for hydroxylation is 1. The number of benzene rings is 3. The predicted octanol–water partition coefficient (Wildman–Crippen LogP) is 7.96. The number of anilines is 2. The van der Waals surface area contributed by atoms with Gasteiger partial charge in [0, 0.05) is 38.5 Å².